The number of carbonyl (C=O) groups is 2. The smallest absolute Gasteiger partial charge is 0.319 e. The monoisotopic (exact) mass is 401 g/mol. The van der Waals surface area contributed by atoms with Crippen molar-refractivity contribution in [3.05, 3.63) is 83.9 Å². The summed E-state index contributed by atoms with van der Waals surface area (Å²) in [6.07, 6.45) is 1.76. The quantitative estimate of drug-likeness (QED) is 0.602. The fourth-order valence-electron chi connectivity index (χ4n) is 3.40. The SMILES string of the molecule is CN1C(=O)c2ccccc2Oc2ccc(NC(=O)NCCCc3ccccc3)cc21. The molecule has 1 aliphatic rings. The molecule has 0 fully saturated rings. The Kier molecular flexibility index (Phi) is 5.66. The number of aryl methyl sites for hydroxylation is 1. The normalized spacial score (nSPS) is 12.3. The fourth-order valence-corrected chi connectivity index (χ4v) is 3.40. The van der Waals surface area contributed by atoms with Gasteiger partial charge in [0.2, 0.25) is 0 Å². The zero-order chi connectivity index (χ0) is 20.9. The third-order valence-electron chi connectivity index (χ3n) is 4.99. The van der Waals surface area contributed by atoms with Crippen LogP contribution in [-0.2, 0) is 6.42 Å². The highest BCUT2D eigenvalue weighted by Crippen LogP contribution is 2.39. The molecule has 0 aromatic heterocycles. The maximum absolute atomic E-state index is 12.8. The van der Waals surface area contributed by atoms with E-state index in [4.69, 9.17) is 4.74 Å². The molecule has 30 heavy (non-hydrogen) atoms. The van der Waals surface area contributed by atoms with Crippen molar-refractivity contribution in [1.82, 2.24) is 5.32 Å². The summed E-state index contributed by atoms with van der Waals surface area (Å²) in [5.41, 5.74) is 2.93. The highest BCUT2D eigenvalue weighted by atomic mass is 16.5. The lowest BCUT2D eigenvalue weighted by atomic mass is 10.1. The van der Waals surface area contributed by atoms with E-state index in [0.29, 0.717) is 35.0 Å². The lowest BCUT2D eigenvalue weighted by molar-refractivity contribution is 0.0993. The van der Waals surface area contributed by atoms with Crippen LogP contribution in [0.2, 0.25) is 0 Å². The fraction of sp³-hybridized carbons (Fsp3) is 0.167. The topological polar surface area (TPSA) is 70.7 Å². The van der Waals surface area contributed by atoms with E-state index in [2.05, 4.69) is 22.8 Å². The number of fused-ring (bicyclic) bond motifs is 2. The number of amides is 3. The molecule has 2 N–H and O–H groups in total. The molecular formula is C24H23N3O3. The Morgan fingerprint density at radius 2 is 1.73 bits per heavy atom. The van der Waals surface area contributed by atoms with Gasteiger partial charge in [-0.15, -0.1) is 0 Å². The van der Waals surface area contributed by atoms with Crippen LogP contribution in [0, 0.1) is 0 Å². The number of carbonyl (C=O) groups excluding carboxylic acids is 2. The van der Waals surface area contributed by atoms with Crippen LogP contribution >= 0.6 is 0 Å². The number of hydrogen-bond donors (Lipinski definition) is 2. The Morgan fingerprint density at radius 1 is 0.967 bits per heavy atom. The molecule has 3 aromatic carbocycles. The van der Waals surface area contributed by atoms with Gasteiger partial charge >= 0.3 is 6.03 Å². The van der Waals surface area contributed by atoms with Crippen LogP contribution in [0.3, 0.4) is 0 Å². The second-order valence-electron chi connectivity index (χ2n) is 7.11. The van der Waals surface area contributed by atoms with Gasteiger partial charge in [-0.2, -0.15) is 0 Å². The minimum Gasteiger partial charge on any atom is -0.454 e. The molecule has 0 unspecified atom stereocenters. The van der Waals surface area contributed by atoms with Crippen molar-refractivity contribution in [2.24, 2.45) is 0 Å². The lowest BCUT2D eigenvalue weighted by Gasteiger charge is -2.17. The average molecular weight is 401 g/mol. The highest BCUT2D eigenvalue weighted by Gasteiger charge is 2.25. The summed E-state index contributed by atoms with van der Waals surface area (Å²) >= 11 is 0. The van der Waals surface area contributed by atoms with Gasteiger partial charge in [-0.3, -0.25) is 4.79 Å². The molecule has 3 aromatic rings. The summed E-state index contributed by atoms with van der Waals surface area (Å²) in [7, 11) is 1.69. The van der Waals surface area contributed by atoms with Crippen LogP contribution < -0.4 is 20.3 Å². The predicted molar refractivity (Wildman–Crippen MR) is 117 cm³/mol. The lowest BCUT2D eigenvalue weighted by Crippen LogP contribution is -2.30. The Morgan fingerprint density at radius 3 is 2.57 bits per heavy atom. The first-order chi connectivity index (χ1) is 14.6. The van der Waals surface area contributed by atoms with Crippen molar-refractivity contribution in [2.45, 2.75) is 12.8 Å². The zero-order valence-electron chi connectivity index (χ0n) is 16.7. The van der Waals surface area contributed by atoms with Gasteiger partial charge in [0.25, 0.3) is 5.91 Å². The molecule has 152 valence electrons. The number of nitrogens with one attached hydrogen (secondary N) is 2. The van der Waals surface area contributed by atoms with E-state index in [1.54, 1.807) is 43.4 Å². The third kappa shape index (κ3) is 4.27. The molecule has 1 heterocycles. The van der Waals surface area contributed by atoms with Gasteiger partial charge in [0.1, 0.15) is 5.75 Å². The van der Waals surface area contributed by atoms with Crippen molar-refractivity contribution in [3.8, 4) is 11.5 Å². The second-order valence-corrected chi connectivity index (χ2v) is 7.11. The van der Waals surface area contributed by atoms with Crippen molar-refractivity contribution < 1.29 is 14.3 Å². The molecule has 0 bridgehead atoms. The van der Waals surface area contributed by atoms with Gasteiger partial charge in [-0.05, 0) is 48.7 Å². The number of benzene rings is 3. The van der Waals surface area contributed by atoms with E-state index in [0.717, 1.165) is 12.8 Å². The first-order valence-corrected chi connectivity index (χ1v) is 9.89. The van der Waals surface area contributed by atoms with E-state index in [-0.39, 0.29) is 11.9 Å². The first kappa shape index (κ1) is 19.5. The molecular weight excluding hydrogens is 378 g/mol. The summed E-state index contributed by atoms with van der Waals surface area (Å²) in [6, 6.07) is 22.3. The molecule has 0 spiro atoms. The van der Waals surface area contributed by atoms with E-state index in [9.17, 15) is 9.59 Å². The largest absolute Gasteiger partial charge is 0.454 e. The molecule has 0 radical (unpaired) electrons. The standard InChI is InChI=1S/C24H23N3O3/c1-27-20-16-18(26-24(29)25-15-7-10-17-8-3-2-4-9-17)13-14-22(20)30-21-12-6-5-11-19(21)23(27)28/h2-6,8-9,11-14,16H,7,10,15H2,1H3,(H2,25,26,29). The number of rotatable bonds is 5. The molecule has 0 saturated heterocycles. The maximum atomic E-state index is 12.8. The summed E-state index contributed by atoms with van der Waals surface area (Å²) in [4.78, 5) is 26.6. The van der Waals surface area contributed by atoms with Gasteiger partial charge in [-0.25, -0.2) is 4.79 Å². The number of urea groups is 1. The minimum absolute atomic E-state index is 0.160. The van der Waals surface area contributed by atoms with Crippen molar-refractivity contribution in [2.75, 3.05) is 23.8 Å². The molecule has 1 aliphatic heterocycles. The molecule has 0 saturated carbocycles. The van der Waals surface area contributed by atoms with Gasteiger partial charge in [-0.1, -0.05) is 42.5 Å². The van der Waals surface area contributed by atoms with Crippen LogP contribution in [0.1, 0.15) is 22.3 Å². The van der Waals surface area contributed by atoms with E-state index < -0.39 is 0 Å². The number of nitrogens with zero attached hydrogens (tertiary/aromatic N) is 1. The molecule has 0 aliphatic carbocycles. The summed E-state index contributed by atoms with van der Waals surface area (Å²) in [5.74, 6) is 0.918. The van der Waals surface area contributed by atoms with E-state index in [1.807, 2.05) is 24.3 Å². The van der Waals surface area contributed by atoms with Crippen LogP contribution in [0.15, 0.2) is 72.8 Å². The highest BCUT2D eigenvalue weighted by molar-refractivity contribution is 6.09. The molecule has 3 amide bonds. The van der Waals surface area contributed by atoms with E-state index in [1.165, 1.54) is 10.5 Å². The summed E-state index contributed by atoms with van der Waals surface area (Å²) in [6.45, 7) is 0.572. The van der Waals surface area contributed by atoms with Crippen molar-refractivity contribution in [3.63, 3.8) is 0 Å². The number of hydrogen-bond acceptors (Lipinski definition) is 3. The van der Waals surface area contributed by atoms with Crippen molar-refractivity contribution in [1.29, 1.82) is 0 Å². The predicted octanol–water partition coefficient (Wildman–Crippen LogP) is 4.82. The van der Waals surface area contributed by atoms with Gasteiger partial charge in [0.15, 0.2) is 5.75 Å². The summed E-state index contributed by atoms with van der Waals surface area (Å²) < 4.78 is 5.93. The van der Waals surface area contributed by atoms with Crippen LogP contribution in [-0.4, -0.2) is 25.5 Å². The maximum Gasteiger partial charge on any atom is 0.319 e. The van der Waals surface area contributed by atoms with Crippen LogP contribution in [0.25, 0.3) is 0 Å². The van der Waals surface area contributed by atoms with Crippen LogP contribution in [0.4, 0.5) is 16.2 Å². The number of anilines is 2. The van der Waals surface area contributed by atoms with Crippen molar-refractivity contribution >= 4 is 23.3 Å². The Bertz CT molecular complexity index is 1070. The number of para-hydroxylation sites is 1. The first-order valence-electron chi connectivity index (χ1n) is 9.89. The molecule has 6 nitrogen and oxygen atoms in total. The van der Waals surface area contributed by atoms with Gasteiger partial charge < -0.3 is 20.3 Å². The molecule has 0 atom stereocenters. The van der Waals surface area contributed by atoms with Crippen LogP contribution in [0.5, 0.6) is 11.5 Å². The summed E-state index contributed by atoms with van der Waals surface area (Å²) in [5, 5.41) is 5.69. The Labute approximate surface area is 175 Å². The Hall–Kier alpha value is -3.80. The Balaban J connectivity index is 1.38. The molecule has 6 heteroatoms. The number of ether oxygens (including phenoxy) is 1. The molecule has 4 rings (SSSR count). The third-order valence-corrected chi connectivity index (χ3v) is 4.99. The van der Waals surface area contributed by atoms with E-state index >= 15 is 0 Å². The average Bonchev–Trinajstić information content (AvgIpc) is 2.87. The minimum atomic E-state index is -0.283. The van der Waals surface area contributed by atoms with Gasteiger partial charge in [0, 0.05) is 19.3 Å². The zero-order valence-corrected chi connectivity index (χ0v) is 16.7. The van der Waals surface area contributed by atoms with Gasteiger partial charge in [0.05, 0.1) is 11.3 Å². The second kappa shape index (κ2) is 8.69.